The van der Waals surface area contributed by atoms with Crippen LogP contribution >= 0.6 is 54.5 Å². The van der Waals surface area contributed by atoms with Crippen LogP contribution in [0.2, 0.25) is 0 Å². The van der Waals surface area contributed by atoms with E-state index < -0.39 is 0 Å². The highest BCUT2D eigenvalue weighted by atomic mass is 79.9. The van der Waals surface area contributed by atoms with E-state index in [1.807, 2.05) is 24.4 Å². The second-order valence-corrected chi connectivity index (χ2v) is 11.9. The second-order valence-electron chi connectivity index (χ2n) is 7.89. The van der Waals surface area contributed by atoms with Gasteiger partial charge in [0.25, 0.3) is 0 Å². The molecule has 4 aromatic rings. The molecule has 1 aromatic carbocycles. The molecule has 0 aliphatic carbocycles. The highest BCUT2D eigenvalue weighted by Crippen LogP contribution is 2.33. The summed E-state index contributed by atoms with van der Waals surface area (Å²) in [7, 11) is 0. The molecule has 10 heteroatoms. The highest BCUT2D eigenvalue weighted by Gasteiger charge is 2.12. The Balaban J connectivity index is 1.25. The molecule has 3 N–H and O–H groups in total. The number of thiazole rings is 1. The Morgan fingerprint density at radius 3 is 2.82 bits per heavy atom. The second kappa shape index (κ2) is 11.8. The summed E-state index contributed by atoms with van der Waals surface area (Å²) in [6.07, 6.45) is 1.71. The van der Waals surface area contributed by atoms with Gasteiger partial charge in [-0.25, -0.2) is 4.98 Å². The Morgan fingerprint density at radius 1 is 1.18 bits per heavy atom. The number of rotatable bonds is 11. The maximum Gasteiger partial charge on any atom is 0.201 e. The van der Waals surface area contributed by atoms with Gasteiger partial charge < -0.3 is 20.4 Å². The number of aromatic nitrogens is 2. The van der Waals surface area contributed by atoms with E-state index in [1.54, 1.807) is 17.4 Å². The fourth-order valence-electron chi connectivity index (χ4n) is 3.52. The van der Waals surface area contributed by atoms with Crippen LogP contribution in [-0.4, -0.2) is 29.7 Å². The van der Waals surface area contributed by atoms with Crippen LogP contribution in [0.15, 0.2) is 43.4 Å². The molecular formula is C24H26Br2N4O2S2. The minimum atomic E-state index is 0.0530. The van der Waals surface area contributed by atoms with Gasteiger partial charge in [0.15, 0.2) is 0 Å². The summed E-state index contributed by atoms with van der Waals surface area (Å²) in [6, 6.07) is 7.65. The molecule has 4 rings (SSSR count). The van der Waals surface area contributed by atoms with E-state index in [0.717, 1.165) is 72.9 Å². The number of halogens is 2. The molecule has 0 amide bonds. The Bertz CT molecular complexity index is 1310. The van der Waals surface area contributed by atoms with Crippen molar-refractivity contribution in [1.82, 2.24) is 15.3 Å². The van der Waals surface area contributed by atoms with E-state index in [2.05, 4.69) is 65.5 Å². The quantitative estimate of drug-likeness (QED) is 0.168. The third-order valence-corrected chi connectivity index (χ3v) is 8.42. The molecule has 0 atom stereocenters. The number of thiophene rings is 1. The number of aryl methyl sites for hydroxylation is 2. The summed E-state index contributed by atoms with van der Waals surface area (Å²) in [5.41, 5.74) is 3.12. The average molecular weight is 626 g/mol. The number of pyridine rings is 1. The van der Waals surface area contributed by atoms with Crippen LogP contribution in [0.3, 0.4) is 0 Å². The molecule has 0 aliphatic rings. The summed E-state index contributed by atoms with van der Waals surface area (Å²) in [4.78, 5) is 21.3. The van der Waals surface area contributed by atoms with Crippen molar-refractivity contribution in [3.05, 3.63) is 70.0 Å². The van der Waals surface area contributed by atoms with Crippen LogP contribution < -0.4 is 20.8 Å². The molecule has 0 fully saturated rings. The number of hydrogen-bond donors (Lipinski definition) is 3. The lowest BCUT2D eigenvalue weighted by molar-refractivity contribution is 0.315. The van der Waals surface area contributed by atoms with Gasteiger partial charge in [-0.05, 0) is 66.3 Å². The summed E-state index contributed by atoms with van der Waals surface area (Å²) in [5, 5.41) is 9.84. The molecule has 0 saturated heterocycles. The number of ether oxygens (including phenoxy) is 1. The lowest BCUT2D eigenvalue weighted by Gasteiger charge is -2.15. The standard InChI is InChI=1S/C24H26Br2N4O2S2/c1-14-15(2)34-22(29-14)4-8-32-23-16(10-17(25)11-18(23)26)13-27-6-3-7-28-21-12-20(31)24-19(30-21)5-9-33-24/h5,9-12,27H,3-4,6-8,13H2,1-2H3,(H2,28,30,31). The molecule has 0 radical (unpaired) electrons. The first kappa shape index (κ1) is 25.4. The fraction of sp³-hybridized carbons (Fsp3) is 0.333. The summed E-state index contributed by atoms with van der Waals surface area (Å²) < 4.78 is 8.87. The van der Waals surface area contributed by atoms with Gasteiger partial charge in [-0.2, -0.15) is 0 Å². The first-order valence-electron chi connectivity index (χ1n) is 11.0. The number of fused-ring (bicyclic) bond motifs is 1. The third-order valence-electron chi connectivity index (χ3n) is 5.32. The van der Waals surface area contributed by atoms with Gasteiger partial charge in [0.1, 0.15) is 11.6 Å². The highest BCUT2D eigenvalue weighted by molar-refractivity contribution is 9.11. The fourth-order valence-corrected chi connectivity index (χ4v) is 6.63. The lowest BCUT2D eigenvalue weighted by atomic mass is 10.2. The van der Waals surface area contributed by atoms with Gasteiger partial charge in [-0.1, -0.05) is 15.9 Å². The van der Waals surface area contributed by atoms with E-state index in [1.165, 1.54) is 16.2 Å². The first-order valence-corrected chi connectivity index (χ1v) is 14.3. The molecule has 0 aliphatic heterocycles. The number of hydrogen-bond acceptors (Lipinski definition) is 7. The maximum atomic E-state index is 12.1. The Kier molecular flexibility index (Phi) is 8.81. The smallest absolute Gasteiger partial charge is 0.201 e. The van der Waals surface area contributed by atoms with E-state index in [4.69, 9.17) is 4.74 Å². The van der Waals surface area contributed by atoms with Crippen LogP contribution in [0.4, 0.5) is 5.82 Å². The van der Waals surface area contributed by atoms with Crippen LogP contribution in [0.5, 0.6) is 5.75 Å². The van der Waals surface area contributed by atoms with Crippen LogP contribution in [-0.2, 0) is 13.0 Å². The number of H-pyrrole nitrogens is 1. The van der Waals surface area contributed by atoms with Gasteiger partial charge in [0, 0.05) is 40.5 Å². The Hall–Kier alpha value is -1.72. The van der Waals surface area contributed by atoms with Crippen LogP contribution in [0.1, 0.15) is 27.6 Å². The van der Waals surface area contributed by atoms with Crippen molar-refractivity contribution < 1.29 is 4.74 Å². The SMILES string of the molecule is Cc1nc(CCOc2c(Br)cc(Br)cc2CNCCCNc2cc(=O)c3sccc3[nH]2)sc1C. The largest absolute Gasteiger partial charge is 0.492 e. The molecule has 0 bridgehead atoms. The molecule has 0 saturated carbocycles. The summed E-state index contributed by atoms with van der Waals surface area (Å²) in [5.74, 6) is 1.62. The average Bonchev–Trinajstić information content (AvgIpc) is 3.38. The van der Waals surface area contributed by atoms with Gasteiger partial charge in [0.05, 0.1) is 32.0 Å². The van der Waals surface area contributed by atoms with E-state index in [0.29, 0.717) is 13.2 Å². The number of benzene rings is 1. The lowest BCUT2D eigenvalue weighted by Crippen LogP contribution is -2.19. The van der Waals surface area contributed by atoms with Crippen molar-refractivity contribution in [3.8, 4) is 5.75 Å². The van der Waals surface area contributed by atoms with Gasteiger partial charge in [0.2, 0.25) is 5.43 Å². The molecule has 0 unspecified atom stereocenters. The zero-order chi connectivity index (χ0) is 24.1. The number of anilines is 1. The van der Waals surface area contributed by atoms with Gasteiger partial charge >= 0.3 is 0 Å². The normalized spacial score (nSPS) is 11.3. The maximum absolute atomic E-state index is 12.1. The molecule has 0 spiro atoms. The minimum absolute atomic E-state index is 0.0530. The summed E-state index contributed by atoms with van der Waals surface area (Å²) in [6.45, 7) is 7.01. The van der Waals surface area contributed by atoms with Crippen molar-refractivity contribution in [2.45, 2.75) is 33.2 Å². The molecular weight excluding hydrogens is 600 g/mol. The minimum Gasteiger partial charge on any atom is -0.492 e. The van der Waals surface area contributed by atoms with Crippen molar-refractivity contribution in [3.63, 3.8) is 0 Å². The van der Waals surface area contributed by atoms with Crippen molar-refractivity contribution in [1.29, 1.82) is 0 Å². The van der Waals surface area contributed by atoms with Gasteiger partial charge in [-0.15, -0.1) is 22.7 Å². The Labute approximate surface area is 223 Å². The molecule has 34 heavy (non-hydrogen) atoms. The zero-order valence-corrected chi connectivity index (χ0v) is 23.8. The molecule has 180 valence electrons. The predicted molar refractivity (Wildman–Crippen MR) is 150 cm³/mol. The van der Waals surface area contributed by atoms with E-state index in [-0.39, 0.29) is 5.43 Å². The number of nitrogens with one attached hydrogen (secondary N) is 3. The number of aromatic amines is 1. The van der Waals surface area contributed by atoms with Crippen molar-refractivity contribution in [2.24, 2.45) is 0 Å². The Morgan fingerprint density at radius 2 is 2.03 bits per heavy atom. The predicted octanol–water partition coefficient (Wildman–Crippen LogP) is 6.40. The topological polar surface area (TPSA) is 79.0 Å². The van der Waals surface area contributed by atoms with Crippen molar-refractivity contribution in [2.75, 3.05) is 25.0 Å². The van der Waals surface area contributed by atoms with Crippen LogP contribution in [0, 0.1) is 13.8 Å². The monoisotopic (exact) mass is 624 g/mol. The molecule has 3 aromatic heterocycles. The third kappa shape index (κ3) is 6.48. The van der Waals surface area contributed by atoms with Gasteiger partial charge in [-0.3, -0.25) is 4.79 Å². The molecule has 3 heterocycles. The van der Waals surface area contributed by atoms with E-state index in [9.17, 15) is 4.79 Å². The zero-order valence-electron chi connectivity index (χ0n) is 19.0. The van der Waals surface area contributed by atoms with E-state index >= 15 is 0 Å². The molecule has 6 nitrogen and oxygen atoms in total. The van der Waals surface area contributed by atoms with Crippen molar-refractivity contribution >= 4 is 70.6 Å². The first-order chi connectivity index (χ1) is 16.4. The van der Waals surface area contributed by atoms with Crippen LogP contribution in [0.25, 0.3) is 10.2 Å². The number of nitrogens with zero attached hydrogens (tertiary/aromatic N) is 1. The summed E-state index contributed by atoms with van der Waals surface area (Å²) >= 11 is 10.4.